The van der Waals surface area contributed by atoms with E-state index in [0.29, 0.717) is 13.1 Å². The topological polar surface area (TPSA) is 45.2 Å². The zero-order valence-corrected chi connectivity index (χ0v) is 14.3. The maximum atomic E-state index is 12.7. The number of anilines is 1. The molecule has 0 unspecified atom stereocenters. The lowest BCUT2D eigenvalue weighted by Gasteiger charge is -2.34. The second-order valence-corrected chi connectivity index (χ2v) is 6.43. The van der Waals surface area contributed by atoms with Crippen LogP contribution in [0, 0.1) is 0 Å². The van der Waals surface area contributed by atoms with Crippen molar-refractivity contribution >= 4 is 21.9 Å². The van der Waals surface area contributed by atoms with Crippen LogP contribution in [-0.4, -0.2) is 46.0 Å². The van der Waals surface area contributed by atoms with Gasteiger partial charge in [0.1, 0.15) is 5.69 Å². The average molecular weight is 402 g/mol. The van der Waals surface area contributed by atoms with Crippen molar-refractivity contribution in [2.24, 2.45) is 0 Å². The summed E-state index contributed by atoms with van der Waals surface area (Å²) in [5.41, 5.74) is 0.184. The number of pyridine rings is 1. The van der Waals surface area contributed by atoms with Crippen molar-refractivity contribution in [3.05, 3.63) is 46.5 Å². The molecule has 0 bridgehead atoms. The third kappa shape index (κ3) is 4.21. The van der Waals surface area contributed by atoms with Crippen molar-refractivity contribution in [2.75, 3.05) is 31.1 Å². The van der Waals surface area contributed by atoms with E-state index in [2.05, 4.69) is 35.8 Å². The molecule has 2 aromatic heterocycles. The molecule has 3 rings (SSSR count). The largest absolute Gasteiger partial charge is 0.433 e. The van der Waals surface area contributed by atoms with Crippen molar-refractivity contribution in [1.82, 2.24) is 19.9 Å². The quantitative estimate of drug-likeness (QED) is 0.790. The molecule has 1 fully saturated rings. The number of rotatable bonds is 3. The Labute approximate surface area is 145 Å². The van der Waals surface area contributed by atoms with Gasteiger partial charge < -0.3 is 4.90 Å². The fourth-order valence-corrected chi connectivity index (χ4v) is 2.98. The molecule has 5 nitrogen and oxygen atoms in total. The second-order valence-electron chi connectivity index (χ2n) is 5.51. The molecule has 1 aliphatic heterocycles. The highest BCUT2D eigenvalue weighted by molar-refractivity contribution is 9.10. The summed E-state index contributed by atoms with van der Waals surface area (Å²) in [6.45, 7) is 3.38. The monoisotopic (exact) mass is 401 g/mol. The molecule has 0 amide bonds. The van der Waals surface area contributed by atoms with E-state index in [-0.39, 0.29) is 5.95 Å². The molecule has 0 spiro atoms. The van der Waals surface area contributed by atoms with Crippen molar-refractivity contribution in [3.8, 4) is 0 Å². The summed E-state index contributed by atoms with van der Waals surface area (Å²) in [5.74, 6) is 0.133. The van der Waals surface area contributed by atoms with Crippen LogP contribution in [0.3, 0.4) is 0 Å². The summed E-state index contributed by atoms with van der Waals surface area (Å²) in [6, 6.07) is 2.90. The van der Waals surface area contributed by atoms with E-state index in [1.165, 1.54) is 0 Å². The van der Waals surface area contributed by atoms with Crippen LogP contribution in [0.4, 0.5) is 19.1 Å². The summed E-state index contributed by atoms with van der Waals surface area (Å²) in [4.78, 5) is 15.8. The van der Waals surface area contributed by atoms with Crippen LogP contribution in [-0.2, 0) is 12.7 Å². The minimum atomic E-state index is -4.45. The second kappa shape index (κ2) is 7.02. The summed E-state index contributed by atoms with van der Waals surface area (Å²) < 4.78 is 39.2. The van der Waals surface area contributed by atoms with E-state index >= 15 is 0 Å². The van der Waals surface area contributed by atoms with Gasteiger partial charge in [0, 0.05) is 55.8 Å². The Hall–Kier alpha value is -1.74. The van der Waals surface area contributed by atoms with E-state index in [4.69, 9.17) is 0 Å². The molecule has 0 saturated carbocycles. The Morgan fingerprint density at radius 2 is 1.88 bits per heavy atom. The third-order valence-corrected chi connectivity index (χ3v) is 4.19. The Balaban J connectivity index is 1.61. The summed E-state index contributed by atoms with van der Waals surface area (Å²) in [6.07, 6.45) is 0.247. The molecule has 0 N–H and O–H groups in total. The zero-order valence-electron chi connectivity index (χ0n) is 12.7. The molecule has 128 valence electrons. The Bertz CT molecular complexity index is 702. The molecular formula is C15H15BrF3N5. The predicted octanol–water partition coefficient (Wildman–Crippen LogP) is 2.98. The van der Waals surface area contributed by atoms with Crippen LogP contribution in [0.1, 0.15) is 11.3 Å². The normalized spacial score (nSPS) is 16.4. The van der Waals surface area contributed by atoms with E-state index in [1.807, 2.05) is 12.3 Å². The van der Waals surface area contributed by atoms with Crippen LogP contribution in [0.15, 0.2) is 35.2 Å². The van der Waals surface area contributed by atoms with Gasteiger partial charge >= 0.3 is 6.18 Å². The molecular weight excluding hydrogens is 387 g/mol. The number of piperazine rings is 1. The zero-order chi connectivity index (χ0) is 17.2. The number of hydrogen-bond acceptors (Lipinski definition) is 5. The number of halogens is 4. The van der Waals surface area contributed by atoms with Crippen LogP contribution in [0.25, 0.3) is 0 Å². The van der Waals surface area contributed by atoms with Gasteiger partial charge in [-0.25, -0.2) is 9.97 Å². The van der Waals surface area contributed by atoms with E-state index in [1.54, 1.807) is 11.1 Å². The summed E-state index contributed by atoms with van der Waals surface area (Å²) in [5, 5.41) is 0. The molecule has 0 atom stereocenters. The highest BCUT2D eigenvalue weighted by atomic mass is 79.9. The maximum Gasteiger partial charge on any atom is 0.433 e. The van der Waals surface area contributed by atoms with Crippen molar-refractivity contribution in [3.63, 3.8) is 0 Å². The fraction of sp³-hybridized carbons (Fsp3) is 0.400. The van der Waals surface area contributed by atoms with Crippen LogP contribution in [0.5, 0.6) is 0 Å². The van der Waals surface area contributed by atoms with E-state index < -0.39 is 11.9 Å². The van der Waals surface area contributed by atoms with Gasteiger partial charge in [0.2, 0.25) is 5.95 Å². The van der Waals surface area contributed by atoms with Gasteiger partial charge in [0.25, 0.3) is 0 Å². The molecule has 0 aromatic carbocycles. The van der Waals surface area contributed by atoms with Gasteiger partial charge in [-0.2, -0.15) is 13.2 Å². The van der Waals surface area contributed by atoms with Crippen molar-refractivity contribution in [1.29, 1.82) is 0 Å². The minimum absolute atomic E-state index is 0.133. The van der Waals surface area contributed by atoms with Crippen LogP contribution < -0.4 is 4.90 Å². The van der Waals surface area contributed by atoms with Gasteiger partial charge in [-0.15, -0.1) is 0 Å². The highest BCUT2D eigenvalue weighted by Crippen LogP contribution is 2.28. The first kappa shape index (κ1) is 17.1. The maximum absolute atomic E-state index is 12.7. The lowest BCUT2D eigenvalue weighted by Crippen LogP contribution is -2.46. The standard InChI is InChI=1S/C15H15BrF3N5/c16-12-7-11(8-20-9-12)10-23-3-5-24(6-4-23)14-21-2-1-13(22-14)15(17,18)19/h1-2,7-9H,3-6,10H2. The molecule has 1 aliphatic rings. The van der Waals surface area contributed by atoms with Gasteiger partial charge in [-0.05, 0) is 33.6 Å². The summed E-state index contributed by atoms with van der Waals surface area (Å²) >= 11 is 3.39. The smallest absolute Gasteiger partial charge is 0.338 e. The fourth-order valence-electron chi connectivity index (χ4n) is 2.57. The lowest BCUT2D eigenvalue weighted by atomic mass is 10.2. The van der Waals surface area contributed by atoms with Crippen LogP contribution >= 0.6 is 15.9 Å². The van der Waals surface area contributed by atoms with Gasteiger partial charge in [0.15, 0.2) is 0 Å². The van der Waals surface area contributed by atoms with Crippen molar-refractivity contribution in [2.45, 2.75) is 12.7 Å². The van der Waals surface area contributed by atoms with Gasteiger partial charge in [-0.1, -0.05) is 0 Å². The van der Waals surface area contributed by atoms with Crippen molar-refractivity contribution < 1.29 is 13.2 Å². The van der Waals surface area contributed by atoms with Crippen LogP contribution in [0.2, 0.25) is 0 Å². The number of nitrogens with zero attached hydrogens (tertiary/aromatic N) is 5. The highest BCUT2D eigenvalue weighted by Gasteiger charge is 2.33. The predicted molar refractivity (Wildman–Crippen MR) is 86.5 cm³/mol. The molecule has 0 radical (unpaired) electrons. The Morgan fingerprint density at radius 3 is 2.54 bits per heavy atom. The first-order valence-electron chi connectivity index (χ1n) is 7.39. The minimum Gasteiger partial charge on any atom is -0.338 e. The Morgan fingerprint density at radius 1 is 1.12 bits per heavy atom. The molecule has 0 aliphatic carbocycles. The van der Waals surface area contributed by atoms with Gasteiger partial charge in [-0.3, -0.25) is 9.88 Å². The molecule has 9 heteroatoms. The third-order valence-electron chi connectivity index (χ3n) is 3.76. The first-order chi connectivity index (χ1) is 11.4. The molecule has 3 heterocycles. The SMILES string of the molecule is FC(F)(F)c1ccnc(N2CCN(Cc3cncc(Br)c3)CC2)n1. The van der Waals surface area contributed by atoms with E-state index in [0.717, 1.165) is 41.9 Å². The molecule has 1 saturated heterocycles. The van der Waals surface area contributed by atoms with E-state index in [9.17, 15) is 13.2 Å². The first-order valence-corrected chi connectivity index (χ1v) is 8.18. The number of aromatic nitrogens is 3. The Kier molecular flexibility index (Phi) is 5.00. The lowest BCUT2D eigenvalue weighted by molar-refractivity contribution is -0.141. The summed E-state index contributed by atoms with van der Waals surface area (Å²) in [7, 11) is 0. The average Bonchev–Trinajstić information content (AvgIpc) is 2.55. The number of hydrogen-bond donors (Lipinski definition) is 0. The van der Waals surface area contributed by atoms with Gasteiger partial charge in [0.05, 0.1) is 0 Å². The molecule has 2 aromatic rings. The molecule has 24 heavy (non-hydrogen) atoms. The number of alkyl halides is 3.